The molecule has 0 radical (unpaired) electrons. The van der Waals surface area contributed by atoms with E-state index in [1.807, 2.05) is 22.1 Å². The Morgan fingerprint density at radius 2 is 2.04 bits per heavy atom. The Morgan fingerprint density at radius 1 is 1.30 bits per heavy atom. The van der Waals surface area contributed by atoms with Crippen LogP contribution >= 0.6 is 23.6 Å². The van der Waals surface area contributed by atoms with Crippen LogP contribution < -0.4 is 5.32 Å². The molecule has 1 aromatic carbocycles. The molecule has 0 bridgehead atoms. The van der Waals surface area contributed by atoms with E-state index in [1.54, 1.807) is 11.3 Å². The van der Waals surface area contributed by atoms with Crippen LogP contribution in [-0.4, -0.2) is 27.2 Å². The maximum atomic E-state index is 12.3. The number of carbonyl (C=O) groups excluding carboxylic acids is 1. The van der Waals surface area contributed by atoms with Crippen molar-refractivity contribution >= 4 is 29.5 Å². The summed E-state index contributed by atoms with van der Waals surface area (Å²) in [4.78, 5) is 13.3. The summed E-state index contributed by atoms with van der Waals surface area (Å²) in [7, 11) is 0. The fraction of sp³-hybridized carbons (Fsp3) is 0.350. The molecule has 0 aliphatic rings. The smallest absolute Gasteiger partial charge is 0.221 e. The number of hydrogen-bond donors (Lipinski definition) is 2. The maximum Gasteiger partial charge on any atom is 0.221 e. The third-order valence-electron chi connectivity index (χ3n) is 4.60. The Morgan fingerprint density at radius 3 is 2.70 bits per heavy atom. The second-order valence-electron chi connectivity index (χ2n) is 6.71. The van der Waals surface area contributed by atoms with Crippen LogP contribution in [0, 0.1) is 25.5 Å². The van der Waals surface area contributed by atoms with E-state index in [-0.39, 0.29) is 5.91 Å². The minimum atomic E-state index is 0.0256. The highest BCUT2D eigenvalue weighted by Crippen LogP contribution is 2.23. The lowest BCUT2D eigenvalue weighted by Crippen LogP contribution is -2.27. The van der Waals surface area contributed by atoms with Gasteiger partial charge in [-0.15, -0.1) is 11.3 Å². The fourth-order valence-corrected chi connectivity index (χ4v) is 4.30. The number of nitrogens with zero attached hydrogens (tertiary/aromatic N) is 2. The van der Waals surface area contributed by atoms with Crippen molar-refractivity contribution < 1.29 is 4.79 Å². The quantitative estimate of drug-likeness (QED) is 0.580. The summed E-state index contributed by atoms with van der Waals surface area (Å²) in [6.45, 7) is 7.51. The molecule has 27 heavy (non-hydrogen) atoms. The van der Waals surface area contributed by atoms with Gasteiger partial charge < -0.3 is 5.32 Å². The van der Waals surface area contributed by atoms with Crippen molar-refractivity contribution in [2.75, 3.05) is 6.54 Å². The van der Waals surface area contributed by atoms with E-state index in [1.165, 1.54) is 22.3 Å². The molecule has 3 aromatic rings. The number of thiophene rings is 1. The lowest BCUT2D eigenvalue weighted by molar-refractivity contribution is -0.121. The van der Waals surface area contributed by atoms with E-state index < -0.39 is 0 Å². The Labute approximate surface area is 168 Å². The van der Waals surface area contributed by atoms with Crippen molar-refractivity contribution in [3.05, 3.63) is 56.7 Å². The standard InChI is InChI=1S/C20H24N4OS2/c1-13-11-14(2)16(15(3)12-13)6-8-21-18(25)7-9-24-19(22-23-20(24)26)17-5-4-10-27-17/h4-5,10-12H,6-9H2,1-3H3,(H,21,25)(H,23,26). The Hall–Kier alpha value is -2.25. The average Bonchev–Trinajstić information content (AvgIpc) is 3.25. The fourth-order valence-electron chi connectivity index (χ4n) is 3.35. The van der Waals surface area contributed by atoms with Crippen LogP contribution in [0.2, 0.25) is 0 Å². The van der Waals surface area contributed by atoms with E-state index in [4.69, 9.17) is 12.2 Å². The Bertz CT molecular complexity index is 963. The van der Waals surface area contributed by atoms with Crippen LogP contribution in [0.15, 0.2) is 29.6 Å². The molecule has 0 aliphatic heterocycles. The van der Waals surface area contributed by atoms with Crippen LogP contribution in [0.5, 0.6) is 0 Å². The Balaban J connectivity index is 1.54. The van der Waals surface area contributed by atoms with Gasteiger partial charge in [0.1, 0.15) is 0 Å². The summed E-state index contributed by atoms with van der Waals surface area (Å²) in [5, 5.41) is 12.1. The van der Waals surface area contributed by atoms with Gasteiger partial charge in [-0.05, 0) is 67.5 Å². The third kappa shape index (κ3) is 4.73. The average molecular weight is 401 g/mol. The number of benzene rings is 1. The zero-order valence-corrected chi connectivity index (χ0v) is 17.5. The molecule has 5 nitrogen and oxygen atoms in total. The van der Waals surface area contributed by atoms with Crippen molar-refractivity contribution in [1.82, 2.24) is 20.1 Å². The first-order valence-electron chi connectivity index (χ1n) is 8.98. The van der Waals surface area contributed by atoms with Crippen molar-refractivity contribution in [2.24, 2.45) is 0 Å². The number of rotatable bonds is 7. The molecule has 2 aromatic heterocycles. The monoisotopic (exact) mass is 400 g/mol. The van der Waals surface area contributed by atoms with E-state index >= 15 is 0 Å². The summed E-state index contributed by atoms with van der Waals surface area (Å²) in [6.07, 6.45) is 1.22. The van der Waals surface area contributed by atoms with Crippen LogP contribution in [0.3, 0.4) is 0 Å². The second kappa shape index (κ2) is 8.63. The number of amides is 1. The molecule has 2 N–H and O–H groups in total. The zero-order chi connectivity index (χ0) is 19.4. The van der Waals surface area contributed by atoms with Crippen LogP contribution in [0.25, 0.3) is 10.7 Å². The SMILES string of the molecule is Cc1cc(C)c(CCNC(=O)CCn2c(-c3cccs3)n[nH]c2=S)c(C)c1. The highest BCUT2D eigenvalue weighted by atomic mass is 32.1. The molecule has 0 atom stereocenters. The normalized spacial score (nSPS) is 10.9. The topological polar surface area (TPSA) is 62.7 Å². The van der Waals surface area contributed by atoms with Crippen molar-refractivity contribution in [2.45, 2.75) is 40.2 Å². The van der Waals surface area contributed by atoms with Gasteiger partial charge in [0, 0.05) is 19.5 Å². The summed E-state index contributed by atoms with van der Waals surface area (Å²) in [5.41, 5.74) is 5.16. The van der Waals surface area contributed by atoms with Gasteiger partial charge >= 0.3 is 0 Å². The van der Waals surface area contributed by atoms with E-state index in [0.717, 1.165) is 17.1 Å². The van der Waals surface area contributed by atoms with Crippen LogP contribution in [0.4, 0.5) is 0 Å². The number of aromatic nitrogens is 3. The first-order chi connectivity index (χ1) is 13.0. The molecule has 1 amide bonds. The predicted molar refractivity (Wildman–Crippen MR) is 113 cm³/mol. The largest absolute Gasteiger partial charge is 0.356 e. The zero-order valence-electron chi connectivity index (χ0n) is 15.8. The molecule has 0 saturated carbocycles. The number of nitrogens with one attached hydrogen (secondary N) is 2. The molecule has 0 unspecified atom stereocenters. The lowest BCUT2D eigenvalue weighted by Gasteiger charge is -2.12. The minimum Gasteiger partial charge on any atom is -0.356 e. The van der Waals surface area contributed by atoms with Gasteiger partial charge in [-0.3, -0.25) is 14.5 Å². The number of aryl methyl sites for hydroxylation is 3. The number of hydrogen-bond acceptors (Lipinski definition) is 4. The van der Waals surface area contributed by atoms with Gasteiger partial charge in [0.05, 0.1) is 4.88 Å². The third-order valence-corrected chi connectivity index (χ3v) is 5.78. The van der Waals surface area contributed by atoms with Gasteiger partial charge in [-0.1, -0.05) is 23.8 Å². The molecule has 0 spiro atoms. The highest BCUT2D eigenvalue weighted by molar-refractivity contribution is 7.71. The number of H-pyrrole nitrogens is 1. The van der Waals surface area contributed by atoms with E-state index in [0.29, 0.717) is 24.3 Å². The summed E-state index contributed by atoms with van der Waals surface area (Å²) in [6, 6.07) is 8.36. The highest BCUT2D eigenvalue weighted by Gasteiger charge is 2.11. The second-order valence-corrected chi connectivity index (χ2v) is 8.04. The van der Waals surface area contributed by atoms with E-state index in [2.05, 4.69) is 48.4 Å². The van der Waals surface area contributed by atoms with E-state index in [9.17, 15) is 4.79 Å². The molecular formula is C20H24N4OS2. The summed E-state index contributed by atoms with van der Waals surface area (Å²) < 4.78 is 2.42. The van der Waals surface area contributed by atoms with Crippen molar-refractivity contribution in [3.8, 4) is 10.7 Å². The molecular weight excluding hydrogens is 376 g/mol. The van der Waals surface area contributed by atoms with Gasteiger partial charge in [-0.2, -0.15) is 5.10 Å². The van der Waals surface area contributed by atoms with Gasteiger partial charge in [0.2, 0.25) is 5.91 Å². The van der Waals surface area contributed by atoms with Gasteiger partial charge in [0.15, 0.2) is 10.6 Å². The molecule has 142 valence electrons. The van der Waals surface area contributed by atoms with Gasteiger partial charge in [0.25, 0.3) is 0 Å². The summed E-state index contributed by atoms with van der Waals surface area (Å²) in [5.74, 6) is 0.811. The summed E-state index contributed by atoms with van der Waals surface area (Å²) >= 11 is 6.91. The van der Waals surface area contributed by atoms with Crippen LogP contribution in [-0.2, 0) is 17.8 Å². The van der Waals surface area contributed by atoms with Crippen molar-refractivity contribution in [1.29, 1.82) is 0 Å². The predicted octanol–water partition coefficient (Wildman–Crippen LogP) is 4.34. The minimum absolute atomic E-state index is 0.0256. The molecule has 0 saturated heterocycles. The molecule has 2 heterocycles. The first-order valence-corrected chi connectivity index (χ1v) is 10.3. The number of carbonyl (C=O) groups is 1. The molecule has 7 heteroatoms. The van der Waals surface area contributed by atoms with Gasteiger partial charge in [-0.25, -0.2) is 0 Å². The van der Waals surface area contributed by atoms with Crippen LogP contribution in [0.1, 0.15) is 28.7 Å². The maximum absolute atomic E-state index is 12.3. The van der Waals surface area contributed by atoms with Crippen molar-refractivity contribution in [3.63, 3.8) is 0 Å². The number of aromatic amines is 1. The lowest BCUT2D eigenvalue weighted by atomic mass is 9.97. The molecule has 3 rings (SSSR count). The Kier molecular flexibility index (Phi) is 6.23. The first kappa shape index (κ1) is 19.5. The molecule has 0 aliphatic carbocycles. The molecule has 0 fully saturated rings.